The molecule has 1 nitrogen and oxygen atoms in total. The quantitative estimate of drug-likeness (QED) is 0.558. The molecule has 0 saturated heterocycles. The molecular formula is C14H12N+. The Balaban J connectivity index is 1.94. The van der Waals surface area contributed by atoms with Crippen LogP contribution in [0.15, 0.2) is 36.1 Å². The van der Waals surface area contributed by atoms with E-state index in [0.29, 0.717) is 0 Å². The van der Waals surface area contributed by atoms with Gasteiger partial charge >= 0.3 is 0 Å². The molecule has 15 heavy (non-hydrogen) atoms. The summed E-state index contributed by atoms with van der Waals surface area (Å²) >= 11 is 0. The van der Waals surface area contributed by atoms with Crippen LogP contribution >= 0.6 is 0 Å². The number of allylic oxidation sites excluding steroid dienone is 5. The zero-order valence-corrected chi connectivity index (χ0v) is 8.53. The lowest BCUT2D eigenvalue weighted by atomic mass is 10.1. The minimum atomic E-state index is 1.07. The summed E-state index contributed by atoms with van der Waals surface area (Å²) in [5, 5.41) is 0. The predicted molar refractivity (Wildman–Crippen MR) is 60.1 cm³/mol. The molecule has 0 bridgehead atoms. The van der Waals surface area contributed by atoms with Crippen molar-refractivity contribution in [2.45, 2.75) is 19.4 Å². The molecule has 0 atom stereocenters. The molecule has 0 radical (unpaired) electrons. The van der Waals surface area contributed by atoms with E-state index >= 15 is 0 Å². The van der Waals surface area contributed by atoms with Crippen molar-refractivity contribution in [2.75, 3.05) is 0 Å². The fraction of sp³-hybridized carbons (Fsp3) is 0.214. The van der Waals surface area contributed by atoms with Crippen LogP contribution in [-0.4, -0.2) is 0 Å². The van der Waals surface area contributed by atoms with E-state index in [1.54, 1.807) is 5.57 Å². The molecule has 1 aromatic rings. The van der Waals surface area contributed by atoms with Gasteiger partial charge in [-0.3, -0.25) is 0 Å². The zero-order valence-electron chi connectivity index (χ0n) is 8.53. The summed E-state index contributed by atoms with van der Waals surface area (Å²) in [6.07, 6.45) is 13.6. The third-order valence-corrected chi connectivity index (χ3v) is 3.60. The van der Waals surface area contributed by atoms with Crippen molar-refractivity contribution >= 4 is 11.6 Å². The number of fused-ring (bicyclic) bond motifs is 3. The first-order valence-corrected chi connectivity index (χ1v) is 5.54. The molecule has 2 heterocycles. The van der Waals surface area contributed by atoms with Crippen molar-refractivity contribution in [3.8, 4) is 0 Å². The van der Waals surface area contributed by atoms with E-state index in [4.69, 9.17) is 0 Å². The number of hydrogen-bond acceptors (Lipinski definition) is 0. The van der Waals surface area contributed by atoms with Gasteiger partial charge in [0.05, 0.1) is 0 Å². The summed E-state index contributed by atoms with van der Waals surface area (Å²) in [7, 11) is 0. The lowest BCUT2D eigenvalue weighted by Crippen LogP contribution is -2.34. The third kappa shape index (κ3) is 0.904. The maximum Gasteiger partial charge on any atom is 0.209 e. The van der Waals surface area contributed by atoms with E-state index in [2.05, 4.69) is 41.1 Å². The maximum absolute atomic E-state index is 2.39. The minimum Gasteiger partial charge on any atom is -0.194 e. The van der Waals surface area contributed by atoms with Gasteiger partial charge in [-0.15, -0.1) is 0 Å². The van der Waals surface area contributed by atoms with E-state index in [1.807, 2.05) is 0 Å². The van der Waals surface area contributed by atoms with E-state index in [0.717, 1.165) is 19.4 Å². The molecule has 0 spiro atoms. The lowest BCUT2D eigenvalue weighted by Gasteiger charge is -2.01. The largest absolute Gasteiger partial charge is 0.209 e. The van der Waals surface area contributed by atoms with E-state index < -0.39 is 0 Å². The second kappa shape index (κ2) is 2.48. The molecule has 0 N–H and O–H groups in total. The van der Waals surface area contributed by atoms with Crippen molar-refractivity contribution in [3.63, 3.8) is 0 Å². The van der Waals surface area contributed by atoms with Crippen LogP contribution < -0.4 is 4.57 Å². The monoisotopic (exact) mass is 194 g/mol. The smallest absolute Gasteiger partial charge is 0.194 e. The number of nitrogens with zero attached hydrogens (tertiary/aromatic N) is 1. The molecule has 1 heteroatoms. The van der Waals surface area contributed by atoms with Gasteiger partial charge in [-0.25, -0.2) is 0 Å². The lowest BCUT2D eigenvalue weighted by molar-refractivity contribution is -0.686. The highest BCUT2D eigenvalue weighted by Gasteiger charge is 2.30. The van der Waals surface area contributed by atoms with Gasteiger partial charge in [0.2, 0.25) is 5.69 Å². The molecule has 0 saturated carbocycles. The van der Waals surface area contributed by atoms with Crippen molar-refractivity contribution in [1.29, 1.82) is 0 Å². The van der Waals surface area contributed by atoms with Gasteiger partial charge in [0.1, 0.15) is 0 Å². The molecular weight excluding hydrogens is 182 g/mol. The molecule has 0 unspecified atom stereocenters. The number of aromatic nitrogens is 1. The second-order valence-corrected chi connectivity index (χ2v) is 4.48. The number of pyridine rings is 1. The SMILES string of the molecule is C1=CC2=C(C1)c1cc3c(c[n+]1C2)C=CC3. The highest BCUT2D eigenvalue weighted by Crippen LogP contribution is 2.33. The van der Waals surface area contributed by atoms with Crippen molar-refractivity contribution < 1.29 is 4.57 Å². The normalized spacial score (nSPS) is 19.7. The van der Waals surface area contributed by atoms with Gasteiger partial charge in [-0.2, -0.15) is 4.57 Å². The second-order valence-electron chi connectivity index (χ2n) is 4.48. The molecule has 1 aromatic heterocycles. The first kappa shape index (κ1) is 7.63. The van der Waals surface area contributed by atoms with Gasteiger partial charge in [-0.05, 0) is 18.4 Å². The van der Waals surface area contributed by atoms with Crippen LogP contribution in [0.1, 0.15) is 23.2 Å². The maximum atomic E-state index is 2.39. The molecule has 0 amide bonds. The van der Waals surface area contributed by atoms with Crippen LogP contribution in [0.4, 0.5) is 0 Å². The van der Waals surface area contributed by atoms with Gasteiger partial charge in [0.25, 0.3) is 0 Å². The Kier molecular flexibility index (Phi) is 1.26. The first-order valence-electron chi connectivity index (χ1n) is 5.54. The van der Waals surface area contributed by atoms with E-state index in [1.165, 1.54) is 22.4 Å². The molecule has 2 aliphatic carbocycles. The number of rotatable bonds is 0. The summed E-state index contributed by atoms with van der Waals surface area (Å²) in [6, 6.07) is 2.38. The molecule has 4 rings (SSSR count). The summed E-state index contributed by atoms with van der Waals surface area (Å²) in [5.41, 5.74) is 7.40. The predicted octanol–water partition coefficient (Wildman–Crippen LogP) is 2.27. The minimum absolute atomic E-state index is 1.07. The van der Waals surface area contributed by atoms with E-state index in [9.17, 15) is 0 Å². The van der Waals surface area contributed by atoms with Crippen LogP contribution in [0.25, 0.3) is 11.6 Å². The summed E-state index contributed by atoms with van der Waals surface area (Å²) in [4.78, 5) is 0. The van der Waals surface area contributed by atoms with Crippen molar-refractivity contribution in [1.82, 2.24) is 0 Å². The fourth-order valence-corrected chi connectivity index (χ4v) is 2.83. The highest BCUT2D eigenvalue weighted by atomic mass is 15.0. The average molecular weight is 194 g/mol. The summed E-state index contributed by atoms with van der Waals surface area (Å²) < 4.78 is 2.39. The Morgan fingerprint density at radius 2 is 2.00 bits per heavy atom. The summed E-state index contributed by atoms with van der Waals surface area (Å²) in [5.74, 6) is 0. The fourth-order valence-electron chi connectivity index (χ4n) is 2.83. The Morgan fingerprint density at radius 3 is 3.00 bits per heavy atom. The number of hydrogen-bond donors (Lipinski definition) is 0. The van der Waals surface area contributed by atoms with Crippen LogP contribution in [0.3, 0.4) is 0 Å². The van der Waals surface area contributed by atoms with Crippen molar-refractivity contribution in [2.24, 2.45) is 0 Å². The van der Waals surface area contributed by atoms with Gasteiger partial charge in [0.15, 0.2) is 12.7 Å². The molecule has 3 aliphatic rings. The van der Waals surface area contributed by atoms with Crippen LogP contribution in [0.5, 0.6) is 0 Å². The molecule has 72 valence electrons. The van der Waals surface area contributed by atoms with Crippen LogP contribution in [0.2, 0.25) is 0 Å². The third-order valence-electron chi connectivity index (χ3n) is 3.60. The van der Waals surface area contributed by atoms with Crippen LogP contribution in [-0.2, 0) is 13.0 Å². The van der Waals surface area contributed by atoms with Crippen LogP contribution in [0, 0.1) is 0 Å². The topological polar surface area (TPSA) is 3.88 Å². The van der Waals surface area contributed by atoms with Crippen molar-refractivity contribution in [3.05, 3.63) is 52.9 Å². The average Bonchev–Trinajstić information content (AvgIpc) is 2.86. The molecule has 1 aliphatic heterocycles. The highest BCUT2D eigenvalue weighted by molar-refractivity contribution is 5.74. The Hall–Kier alpha value is -1.63. The molecule has 0 fully saturated rings. The Bertz CT molecular complexity index is 559. The summed E-state index contributed by atoms with van der Waals surface area (Å²) in [6.45, 7) is 1.07. The van der Waals surface area contributed by atoms with Gasteiger partial charge in [-0.1, -0.05) is 24.3 Å². The van der Waals surface area contributed by atoms with Gasteiger partial charge < -0.3 is 0 Å². The van der Waals surface area contributed by atoms with E-state index in [-0.39, 0.29) is 0 Å². The Labute approximate surface area is 89.1 Å². The standard InChI is InChI=1S/C14H12N/c1-3-10-7-14-13-6-2-5-12(13)9-15(14)8-11(10)4-1/h1-2,4-5,7-8H,3,6,9H2/q+1. The zero-order chi connectivity index (χ0) is 9.83. The van der Waals surface area contributed by atoms with Gasteiger partial charge in [0, 0.05) is 22.8 Å². The Morgan fingerprint density at radius 1 is 1.07 bits per heavy atom. The molecule has 0 aromatic carbocycles. The first-order chi connectivity index (χ1) is 7.42.